The molecule has 0 aliphatic carbocycles. The first kappa shape index (κ1) is 15.9. The van der Waals surface area contributed by atoms with Crippen LogP contribution in [0.1, 0.15) is 13.3 Å². The van der Waals surface area contributed by atoms with Crippen LogP contribution in [0.4, 0.5) is 0 Å². The van der Waals surface area contributed by atoms with Gasteiger partial charge < -0.3 is 4.90 Å². The fraction of sp³-hybridized carbons (Fsp3) is 0.375. The van der Waals surface area contributed by atoms with Crippen LogP contribution >= 0.6 is 0 Å². The summed E-state index contributed by atoms with van der Waals surface area (Å²) in [6, 6.07) is 6.94. The van der Waals surface area contributed by atoms with Crippen molar-refractivity contribution in [3.05, 3.63) is 36.7 Å². The zero-order valence-corrected chi connectivity index (χ0v) is 13.8. The number of hydrogen-bond acceptors (Lipinski definition) is 4. The molecule has 6 nitrogen and oxygen atoms in total. The lowest BCUT2D eigenvalue weighted by Gasteiger charge is -2.21. The highest BCUT2D eigenvalue weighted by Gasteiger charge is 2.28. The Morgan fingerprint density at radius 3 is 2.74 bits per heavy atom. The van der Waals surface area contributed by atoms with Crippen LogP contribution in [0, 0.1) is 0 Å². The second kappa shape index (κ2) is 6.25. The summed E-state index contributed by atoms with van der Waals surface area (Å²) in [5.41, 5.74) is 0. The third kappa shape index (κ3) is 3.07. The molecular weight excluding hydrogens is 314 g/mol. The molecule has 0 spiro atoms. The van der Waals surface area contributed by atoms with Gasteiger partial charge in [0.1, 0.15) is 0 Å². The quantitative estimate of drug-likeness (QED) is 0.834. The number of carbonyl (C=O) groups excluding carboxylic acids is 1. The molecule has 0 bridgehead atoms. The Kier molecular flexibility index (Phi) is 4.32. The average Bonchev–Trinajstić information content (AvgIpc) is 2.81. The van der Waals surface area contributed by atoms with Crippen LogP contribution in [0.25, 0.3) is 10.8 Å². The molecule has 122 valence electrons. The smallest absolute Gasteiger partial charge is 0.243 e. The maximum Gasteiger partial charge on any atom is 0.243 e. The van der Waals surface area contributed by atoms with E-state index in [9.17, 15) is 13.2 Å². The van der Waals surface area contributed by atoms with Gasteiger partial charge in [-0.3, -0.25) is 9.78 Å². The van der Waals surface area contributed by atoms with Gasteiger partial charge in [-0.1, -0.05) is 12.1 Å². The molecule has 23 heavy (non-hydrogen) atoms. The first-order valence-corrected chi connectivity index (χ1v) is 9.02. The van der Waals surface area contributed by atoms with Crippen molar-refractivity contribution in [1.82, 2.24) is 14.2 Å². The van der Waals surface area contributed by atoms with E-state index in [0.29, 0.717) is 42.9 Å². The van der Waals surface area contributed by atoms with E-state index in [1.807, 2.05) is 6.07 Å². The number of nitrogens with zero attached hydrogens (tertiary/aromatic N) is 3. The van der Waals surface area contributed by atoms with Crippen LogP contribution in [0.3, 0.4) is 0 Å². The van der Waals surface area contributed by atoms with E-state index < -0.39 is 10.0 Å². The highest BCUT2D eigenvalue weighted by atomic mass is 32.2. The molecule has 1 aliphatic rings. The first-order valence-electron chi connectivity index (χ1n) is 7.58. The van der Waals surface area contributed by atoms with Gasteiger partial charge in [0.15, 0.2) is 0 Å². The highest BCUT2D eigenvalue weighted by molar-refractivity contribution is 7.89. The van der Waals surface area contributed by atoms with Crippen LogP contribution < -0.4 is 0 Å². The molecule has 1 saturated heterocycles. The Morgan fingerprint density at radius 1 is 1.13 bits per heavy atom. The number of aromatic nitrogens is 1. The van der Waals surface area contributed by atoms with Gasteiger partial charge in [-0.15, -0.1) is 0 Å². The third-order valence-corrected chi connectivity index (χ3v) is 6.12. The summed E-state index contributed by atoms with van der Waals surface area (Å²) in [5.74, 6) is -0.0134. The lowest BCUT2D eigenvalue weighted by molar-refractivity contribution is -0.128. The molecule has 1 fully saturated rings. The Balaban J connectivity index is 1.96. The zero-order chi connectivity index (χ0) is 16.4. The van der Waals surface area contributed by atoms with E-state index in [4.69, 9.17) is 0 Å². The van der Waals surface area contributed by atoms with E-state index in [-0.39, 0.29) is 5.91 Å². The zero-order valence-electron chi connectivity index (χ0n) is 13.0. The predicted octanol–water partition coefficient (Wildman–Crippen LogP) is 1.48. The minimum absolute atomic E-state index is 0.0134. The van der Waals surface area contributed by atoms with E-state index >= 15 is 0 Å². The van der Waals surface area contributed by atoms with E-state index in [0.717, 1.165) is 5.39 Å². The van der Waals surface area contributed by atoms with Gasteiger partial charge in [-0.2, -0.15) is 4.31 Å². The molecule has 3 rings (SSSR count). The second-order valence-electron chi connectivity index (χ2n) is 5.62. The van der Waals surface area contributed by atoms with E-state index in [1.54, 1.807) is 35.5 Å². The lowest BCUT2D eigenvalue weighted by atomic mass is 10.2. The van der Waals surface area contributed by atoms with Crippen molar-refractivity contribution in [1.29, 1.82) is 0 Å². The minimum Gasteiger partial charge on any atom is -0.342 e. The van der Waals surface area contributed by atoms with Crippen LogP contribution in [0.2, 0.25) is 0 Å². The largest absolute Gasteiger partial charge is 0.342 e. The summed E-state index contributed by atoms with van der Waals surface area (Å²) in [5, 5.41) is 1.48. The molecule has 1 aromatic heterocycles. The molecule has 0 atom stereocenters. The Bertz CT molecular complexity index is 830. The number of fused-ring (bicyclic) bond motifs is 1. The minimum atomic E-state index is -3.59. The maximum absolute atomic E-state index is 13.0. The summed E-state index contributed by atoms with van der Waals surface area (Å²) < 4.78 is 27.5. The van der Waals surface area contributed by atoms with Crippen molar-refractivity contribution < 1.29 is 13.2 Å². The van der Waals surface area contributed by atoms with Crippen molar-refractivity contribution in [2.45, 2.75) is 18.2 Å². The van der Waals surface area contributed by atoms with Gasteiger partial charge in [0.05, 0.1) is 4.90 Å². The predicted molar refractivity (Wildman–Crippen MR) is 87.4 cm³/mol. The van der Waals surface area contributed by atoms with Gasteiger partial charge in [0, 0.05) is 56.3 Å². The number of pyridine rings is 1. The standard InChI is InChI=1S/C16H19N3O3S/c1-13(20)18-8-3-9-19(11-10-18)23(21,22)16-5-2-4-14-12-17-7-6-15(14)16/h2,4-7,12H,3,8-11H2,1H3. The van der Waals surface area contributed by atoms with Gasteiger partial charge in [0.25, 0.3) is 0 Å². The molecule has 0 radical (unpaired) electrons. The average molecular weight is 333 g/mol. The normalized spacial score (nSPS) is 17.2. The maximum atomic E-state index is 13.0. The second-order valence-corrected chi connectivity index (χ2v) is 7.52. The molecule has 1 amide bonds. The van der Waals surface area contributed by atoms with Crippen molar-refractivity contribution in [3.63, 3.8) is 0 Å². The van der Waals surface area contributed by atoms with Crippen molar-refractivity contribution in [2.75, 3.05) is 26.2 Å². The summed E-state index contributed by atoms with van der Waals surface area (Å²) >= 11 is 0. The fourth-order valence-corrected chi connectivity index (χ4v) is 4.59. The highest BCUT2D eigenvalue weighted by Crippen LogP contribution is 2.25. The van der Waals surface area contributed by atoms with Crippen molar-refractivity contribution in [2.24, 2.45) is 0 Å². The molecule has 0 N–H and O–H groups in total. The number of carbonyl (C=O) groups is 1. The molecular formula is C16H19N3O3S. The SMILES string of the molecule is CC(=O)N1CCCN(S(=O)(=O)c2cccc3cnccc23)CC1. The Hall–Kier alpha value is -1.99. The number of benzene rings is 1. The molecule has 0 saturated carbocycles. The molecule has 2 aromatic rings. The Labute approximate surface area is 135 Å². The van der Waals surface area contributed by atoms with E-state index in [2.05, 4.69) is 4.98 Å². The molecule has 7 heteroatoms. The summed E-state index contributed by atoms with van der Waals surface area (Å²) in [7, 11) is -3.59. The summed E-state index contributed by atoms with van der Waals surface area (Å²) in [4.78, 5) is 17.5. The fourth-order valence-electron chi connectivity index (χ4n) is 2.91. The number of sulfonamides is 1. The van der Waals surface area contributed by atoms with Crippen LogP contribution in [-0.4, -0.2) is 54.7 Å². The molecule has 2 heterocycles. The van der Waals surface area contributed by atoms with Crippen LogP contribution in [-0.2, 0) is 14.8 Å². The van der Waals surface area contributed by atoms with Crippen molar-refractivity contribution >= 4 is 26.7 Å². The number of hydrogen-bond donors (Lipinski definition) is 0. The van der Waals surface area contributed by atoms with Crippen LogP contribution in [0.15, 0.2) is 41.6 Å². The third-order valence-electron chi connectivity index (χ3n) is 4.16. The molecule has 0 unspecified atom stereocenters. The van der Waals surface area contributed by atoms with Crippen molar-refractivity contribution in [3.8, 4) is 0 Å². The lowest BCUT2D eigenvalue weighted by Crippen LogP contribution is -2.36. The van der Waals surface area contributed by atoms with Gasteiger partial charge in [0.2, 0.25) is 15.9 Å². The number of rotatable bonds is 2. The molecule has 1 aromatic carbocycles. The monoisotopic (exact) mass is 333 g/mol. The van der Waals surface area contributed by atoms with Gasteiger partial charge in [-0.05, 0) is 18.6 Å². The number of amides is 1. The molecule has 1 aliphatic heterocycles. The van der Waals surface area contributed by atoms with E-state index in [1.165, 1.54) is 11.2 Å². The summed E-state index contributed by atoms with van der Waals surface area (Å²) in [6.45, 7) is 3.29. The Morgan fingerprint density at radius 2 is 1.96 bits per heavy atom. The van der Waals surface area contributed by atoms with Gasteiger partial charge in [-0.25, -0.2) is 8.42 Å². The van der Waals surface area contributed by atoms with Gasteiger partial charge >= 0.3 is 0 Å². The topological polar surface area (TPSA) is 70.6 Å². The van der Waals surface area contributed by atoms with Crippen LogP contribution in [0.5, 0.6) is 0 Å². The first-order chi connectivity index (χ1) is 11.0. The summed E-state index contributed by atoms with van der Waals surface area (Å²) in [6.07, 6.45) is 3.90.